The molecular formula is C13H25NO2. The average Bonchev–Trinajstić information content (AvgIpc) is 2.60. The summed E-state index contributed by atoms with van der Waals surface area (Å²) >= 11 is 0. The Morgan fingerprint density at radius 3 is 2.38 bits per heavy atom. The summed E-state index contributed by atoms with van der Waals surface area (Å²) in [6.45, 7) is 9.04. The summed E-state index contributed by atoms with van der Waals surface area (Å²) in [5, 5.41) is 0. The molecule has 1 rings (SSSR count). The van der Waals surface area contributed by atoms with E-state index in [9.17, 15) is 4.79 Å². The zero-order valence-electron chi connectivity index (χ0n) is 11.2. The minimum atomic E-state index is 0.111. The first-order valence-corrected chi connectivity index (χ1v) is 6.29. The van der Waals surface area contributed by atoms with Gasteiger partial charge in [0.05, 0.1) is 12.6 Å². The van der Waals surface area contributed by atoms with Gasteiger partial charge in [0.25, 0.3) is 0 Å². The van der Waals surface area contributed by atoms with Crippen LogP contribution in [0.5, 0.6) is 0 Å². The zero-order chi connectivity index (χ0) is 12.3. The molecule has 0 bridgehead atoms. The molecule has 0 aromatic carbocycles. The molecular weight excluding hydrogens is 202 g/mol. The van der Waals surface area contributed by atoms with Crippen molar-refractivity contribution in [1.29, 1.82) is 0 Å². The number of rotatable bonds is 5. The average molecular weight is 227 g/mol. The highest BCUT2D eigenvalue weighted by Gasteiger charge is 2.39. The summed E-state index contributed by atoms with van der Waals surface area (Å²) < 4.78 is 5.24. The van der Waals surface area contributed by atoms with Crippen molar-refractivity contribution in [2.24, 2.45) is 5.92 Å². The molecule has 1 saturated heterocycles. The summed E-state index contributed by atoms with van der Waals surface area (Å²) in [6, 6.07) is 0.938. The molecule has 0 aromatic rings. The van der Waals surface area contributed by atoms with E-state index in [1.54, 1.807) is 7.11 Å². The van der Waals surface area contributed by atoms with Crippen LogP contribution in [-0.2, 0) is 9.53 Å². The van der Waals surface area contributed by atoms with E-state index >= 15 is 0 Å². The Labute approximate surface area is 99.1 Å². The van der Waals surface area contributed by atoms with Crippen LogP contribution in [0, 0.1) is 5.92 Å². The summed E-state index contributed by atoms with van der Waals surface area (Å²) in [7, 11) is 1.73. The van der Waals surface area contributed by atoms with Gasteiger partial charge in [-0.05, 0) is 26.7 Å². The first-order valence-electron chi connectivity index (χ1n) is 6.29. The van der Waals surface area contributed by atoms with Gasteiger partial charge >= 0.3 is 0 Å². The number of carbonyl (C=O) groups is 1. The number of hydrogen-bond acceptors (Lipinski definition) is 3. The third kappa shape index (κ3) is 2.83. The lowest BCUT2D eigenvalue weighted by Crippen LogP contribution is -2.47. The number of nitrogens with zero attached hydrogens (tertiary/aromatic N) is 1. The predicted molar refractivity (Wildman–Crippen MR) is 65.5 cm³/mol. The highest BCUT2D eigenvalue weighted by atomic mass is 16.5. The molecule has 0 aromatic heterocycles. The van der Waals surface area contributed by atoms with Crippen molar-refractivity contribution in [3.8, 4) is 0 Å². The number of hydrogen-bond donors (Lipinski definition) is 0. The summed E-state index contributed by atoms with van der Waals surface area (Å²) in [5.74, 6) is 0.514. The molecule has 16 heavy (non-hydrogen) atoms. The van der Waals surface area contributed by atoms with E-state index < -0.39 is 0 Å². The Bertz CT molecular complexity index is 238. The van der Waals surface area contributed by atoms with Gasteiger partial charge in [0.2, 0.25) is 0 Å². The second kappa shape index (κ2) is 5.78. The maximum Gasteiger partial charge on any atom is 0.152 e. The molecule has 2 atom stereocenters. The van der Waals surface area contributed by atoms with Crippen LogP contribution in [0.4, 0.5) is 0 Å². The van der Waals surface area contributed by atoms with Crippen LogP contribution in [0.3, 0.4) is 0 Å². The van der Waals surface area contributed by atoms with Crippen LogP contribution in [0.2, 0.25) is 0 Å². The monoisotopic (exact) mass is 227 g/mol. The molecule has 94 valence electrons. The Morgan fingerprint density at radius 2 is 1.94 bits per heavy atom. The van der Waals surface area contributed by atoms with Gasteiger partial charge < -0.3 is 4.74 Å². The lowest BCUT2D eigenvalue weighted by atomic mass is 9.99. The zero-order valence-corrected chi connectivity index (χ0v) is 11.2. The molecule has 0 amide bonds. The molecule has 0 radical (unpaired) electrons. The summed E-state index contributed by atoms with van der Waals surface area (Å²) in [4.78, 5) is 14.5. The molecule has 0 N–H and O–H groups in total. The van der Waals surface area contributed by atoms with Crippen molar-refractivity contribution in [2.45, 2.75) is 58.7 Å². The molecule has 1 heterocycles. The molecule has 0 saturated carbocycles. The second-order valence-corrected chi connectivity index (χ2v) is 5.30. The van der Waals surface area contributed by atoms with Crippen LogP contribution < -0.4 is 0 Å². The molecule has 0 spiro atoms. The fourth-order valence-electron chi connectivity index (χ4n) is 2.72. The number of ether oxygens (including phenoxy) is 1. The SMILES string of the molecule is COC[C@H]1CC[C@@H](C(=O)C(C)C)N1C(C)C. The van der Waals surface area contributed by atoms with Gasteiger partial charge in [-0.1, -0.05) is 13.8 Å². The van der Waals surface area contributed by atoms with Gasteiger partial charge in [0.1, 0.15) is 0 Å². The van der Waals surface area contributed by atoms with Gasteiger partial charge in [-0.15, -0.1) is 0 Å². The highest BCUT2D eigenvalue weighted by Crippen LogP contribution is 2.28. The molecule has 1 fully saturated rings. The van der Waals surface area contributed by atoms with Crippen LogP contribution in [-0.4, -0.2) is 42.5 Å². The van der Waals surface area contributed by atoms with Gasteiger partial charge in [0.15, 0.2) is 5.78 Å². The molecule has 3 nitrogen and oxygen atoms in total. The van der Waals surface area contributed by atoms with E-state index in [1.165, 1.54) is 0 Å². The van der Waals surface area contributed by atoms with E-state index in [0.717, 1.165) is 19.4 Å². The smallest absolute Gasteiger partial charge is 0.152 e. The van der Waals surface area contributed by atoms with Gasteiger partial charge in [0, 0.05) is 25.1 Å². The molecule has 0 aliphatic carbocycles. The molecule has 1 aliphatic heterocycles. The fraction of sp³-hybridized carbons (Fsp3) is 0.923. The van der Waals surface area contributed by atoms with Crippen molar-refractivity contribution in [1.82, 2.24) is 4.90 Å². The molecule has 0 unspecified atom stereocenters. The van der Waals surface area contributed by atoms with Crippen molar-refractivity contribution in [3.63, 3.8) is 0 Å². The van der Waals surface area contributed by atoms with Crippen LogP contribution in [0.1, 0.15) is 40.5 Å². The molecule has 3 heteroatoms. The number of Topliss-reactive ketones (excluding diaryl/α,β-unsaturated/α-hetero) is 1. The van der Waals surface area contributed by atoms with E-state index in [1.807, 2.05) is 13.8 Å². The number of methoxy groups -OCH3 is 1. The van der Waals surface area contributed by atoms with E-state index in [4.69, 9.17) is 4.74 Å². The van der Waals surface area contributed by atoms with Crippen LogP contribution in [0.15, 0.2) is 0 Å². The fourth-order valence-corrected chi connectivity index (χ4v) is 2.72. The lowest BCUT2D eigenvalue weighted by molar-refractivity contribution is -0.127. The van der Waals surface area contributed by atoms with Crippen molar-refractivity contribution < 1.29 is 9.53 Å². The van der Waals surface area contributed by atoms with E-state index in [-0.39, 0.29) is 12.0 Å². The Hall–Kier alpha value is -0.410. The normalized spacial score (nSPS) is 26.9. The van der Waals surface area contributed by atoms with Gasteiger partial charge in [-0.2, -0.15) is 0 Å². The number of ketones is 1. The van der Waals surface area contributed by atoms with Crippen LogP contribution in [0.25, 0.3) is 0 Å². The molecule has 1 aliphatic rings. The third-order valence-corrected chi connectivity index (χ3v) is 3.41. The van der Waals surface area contributed by atoms with Crippen molar-refractivity contribution in [2.75, 3.05) is 13.7 Å². The maximum atomic E-state index is 12.1. The topological polar surface area (TPSA) is 29.5 Å². The third-order valence-electron chi connectivity index (χ3n) is 3.41. The quantitative estimate of drug-likeness (QED) is 0.720. The first kappa shape index (κ1) is 13.7. The minimum absolute atomic E-state index is 0.111. The lowest BCUT2D eigenvalue weighted by Gasteiger charge is -2.33. The van der Waals surface area contributed by atoms with Gasteiger partial charge in [-0.3, -0.25) is 9.69 Å². The first-order chi connectivity index (χ1) is 7.49. The van der Waals surface area contributed by atoms with Crippen molar-refractivity contribution >= 4 is 5.78 Å². The minimum Gasteiger partial charge on any atom is -0.383 e. The summed E-state index contributed by atoms with van der Waals surface area (Å²) in [6.07, 6.45) is 2.07. The van der Waals surface area contributed by atoms with Crippen LogP contribution >= 0.6 is 0 Å². The maximum absolute atomic E-state index is 12.1. The Balaban J connectivity index is 2.75. The number of carbonyl (C=O) groups excluding carboxylic acids is 1. The number of likely N-dealkylation sites (tertiary alicyclic amines) is 1. The predicted octanol–water partition coefficient (Wildman–Crippen LogP) is 2.10. The van der Waals surface area contributed by atoms with E-state index in [2.05, 4.69) is 18.7 Å². The largest absolute Gasteiger partial charge is 0.383 e. The standard InChI is InChI=1S/C13H25NO2/c1-9(2)13(15)12-7-6-11(8-16-5)14(12)10(3)4/h9-12H,6-8H2,1-5H3/t11-,12+/m1/s1. The Morgan fingerprint density at radius 1 is 1.31 bits per heavy atom. The Kier molecular flexibility index (Phi) is 4.93. The highest BCUT2D eigenvalue weighted by molar-refractivity contribution is 5.86. The second-order valence-electron chi connectivity index (χ2n) is 5.30. The van der Waals surface area contributed by atoms with E-state index in [0.29, 0.717) is 17.9 Å². The summed E-state index contributed by atoms with van der Waals surface area (Å²) in [5.41, 5.74) is 0. The van der Waals surface area contributed by atoms with Gasteiger partial charge in [-0.25, -0.2) is 0 Å². The van der Waals surface area contributed by atoms with Crippen molar-refractivity contribution in [3.05, 3.63) is 0 Å².